The minimum Gasteiger partial charge on any atom is -0.454 e. The largest absolute Gasteiger partial charge is 0.454 e. The van der Waals surface area contributed by atoms with Crippen molar-refractivity contribution in [2.75, 3.05) is 13.8 Å². The molecule has 0 bridgehead atoms. The number of ether oxygens (including phenoxy) is 2. The van der Waals surface area contributed by atoms with Crippen molar-refractivity contribution < 1.29 is 14.3 Å². The van der Waals surface area contributed by atoms with E-state index in [9.17, 15) is 4.79 Å². The standard InChI is InChI=1S/C32H35N5O3/c1-3-4-16-37-28(27(18-34-2)35-32(37)26-8-6-5-7-9-26)21-36(19-23-10-13-25(14-11-23)31(33)38)20-24-12-15-29-30(17-24)40-22-39-29/h5-15,17-18H,3-4,16,19-22H2,1-2H3,(H2,33,38). The molecule has 8 nitrogen and oxygen atoms in total. The molecule has 1 aliphatic rings. The van der Waals surface area contributed by atoms with Crippen LogP contribution in [-0.4, -0.2) is 40.4 Å². The van der Waals surface area contributed by atoms with Gasteiger partial charge in [0, 0.05) is 50.6 Å². The topological polar surface area (TPSA) is 95.0 Å². The molecule has 0 radical (unpaired) electrons. The van der Waals surface area contributed by atoms with Gasteiger partial charge in [0.1, 0.15) is 11.5 Å². The van der Waals surface area contributed by atoms with E-state index in [-0.39, 0.29) is 6.79 Å². The number of hydrogen-bond acceptors (Lipinski definition) is 6. The van der Waals surface area contributed by atoms with Gasteiger partial charge in [-0.05, 0) is 41.8 Å². The lowest BCUT2D eigenvalue weighted by atomic mass is 10.1. The zero-order chi connectivity index (χ0) is 27.9. The molecule has 206 valence electrons. The van der Waals surface area contributed by atoms with Crippen LogP contribution < -0.4 is 15.2 Å². The average molecular weight is 538 g/mol. The highest BCUT2D eigenvalue weighted by Crippen LogP contribution is 2.33. The number of rotatable bonds is 12. The molecule has 1 aromatic heterocycles. The molecule has 2 N–H and O–H groups in total. The van der Waals surface area contributed by atoms with Gasteiger partial charge in [-0.2, -0.15) is 0 Å². The Morgan fingerprint density at radius 1 is 1.00 bits per heavy atom. The minimum absolute atomic E-state index is 0.243. The summed E-state index contributed by atoms with van der Waals surface area (Å²) < 4.78 is 13.5. The first-order valence-electron chi connectivity index (χ1n) is 13.6. The van der Waals surface area contributed by atoms with E-state index in [0.717, 1.165) is 64.8 Å². The average Bonchev–Trinajstić information content (AvgIpc) is 3.57. The molecule has 0 saturated heterocycles. The zero-order valence-electron chi connectivity index (χ0n) is 23.0. The molecule has 0 spiro atoms. The van der Waals surface area contributed by atoms with E-state index in [1.165, 1.54) is 0 Å². The van der Waals surface area contributed by atoms with E-state index >= 15 is 0 Å². The molecule has 0 saturated carbocycles. The van der Waals surface area contributed by atoms with E-state index in [1.807, 2.05) is 48.7 Å². The van der Waals surface area contributed by atoms with Crippen molar-refractivity contribution >= 4 is 12.1 Å². The minimum atomic E-state index is -0.430. The van der Waals surface area contributed by atoms with Crippen molar-refractivity contribution in [3.8, 4) is 22.9 Å². The predicted octanol–water partition coefficient (Wildman–Crippen LogP) is 5.43. The third kappa shape index (κ3) is 6.24. The van der Waals surface area contributed by atoms with Crippen LogP contribution in [0.25, 0.3) is 11.4 Å². The molecule has 3 aromatic carbocycles. The Bertz CT molecular complexity index is 1480. The van der Waals surface area contributed by atoms with E-state index in [2.05, 4.69) is 39.6 Å². The lowest BCUT2D eigenvalue weighted by Crippen LogP contribution is -2.25. The summed E-state index contributed by atoms with van der Waals surface area (Å²) in [4.78, 5) is 23.4. The van der Waals surface area contributed by atoms with Gasteiger partial charge in [0.15, 0.2) is 11.5 Å². The van der Waals surface area contributed by atoms with E-state index < -0.39 is 5.91 Å². The van der Waals surface area contributed by atoms with Gasteiger partial charge in [0.25, 0.3) is 0 Å². The SMILES string of the molecule is CCCCn1c(-c2ccccc2)nc(C=NC)c1CN(Cc1ccc(C(N)=O)cc1)Cc1ccc2c(c1)OCO2. The second-order valence-corrected chi connectivity index (χ2v) is 9.92. The van der Waals surface area contributed by atoms with Gasteiger partial charge in [-0.15, -0.1) is 0 Å². The Balaban J connectivity index is 1.53. The lowest BCUT2D eigenvalue weighted by Gasteiger charge is -2.24. The van der Waals surface area contributed by atoms with Crippen LogP contribution in [-0.2, 0) is 26.2 Å². The van der Waals surface area contributed by atoms with Gasteiger partial charge >= 0.3 is 0 Å². The maximum Gasteiger partial charge on any atom is 0.248 e. The monoisotopic (exact) mass is 537 g/mol. The van der Waals surface area contributed by atoms with Crippen LogP contribution in [0.2, 0.25) is 0 Å². The van der Waals surface area contributed by atoms with Gasteiger partial charge in [-0.25, -0.2) is 4.98 Å². The Kier molecular flexibility index (Phi) is 8.56. The smallest absolute Gasteiger partial charge is 0.248 e. The van der Waals surface area contributed by atoms with Crippen LogP contribution in [0.3, 0.4) is 0 Å². The molecule has 1 aliphatic heterocycles. The summed E-state index contributed by atoms with van der Waals surface area (Å²) in [6.45, 7) is 5.30. The summed E-state index contributed by atoms with van der Waals surface area (Å²) in [5.41, 5.74) is 11.2. The maximum atomic E-state index is 11.6. The van der Waals surface area contributed by atoms with Crippen molar-refractivity contribution in [3.05, 3.63) is 101 Å². The van der Waals surface area contributed by atoms with Crippen LogP contribution in [0, 0.1) is 0 Å². The molecule has 0 unspecified atom stereocenters. The van der Waals surface area contributed by atoms with Gasteiger partial charge in [-0.3, -0.25) is 14.7 Å². The van der Waals surface area contributed by atoms with Gasteiger partial charge < -0.3 is 19.8 Å². The van der Waals surface area contributed by atoms with Crippen molar-refractivity contribution in [1.82, 2.24) is 14.5 Å². The number of unbranched alkanes of at least 4 members (excludes halogenated alkanes) is 1. The normalized spacial score (nSPS) is 12.5. The number of amides is 1. The van der Waals surface area contributed by atoms with E-state index in [0.29, 0.717) is 25.2 Å². The summed E-state index contributed by atoms with van der Waals surface area (Å²) >= 11 is 0. The van der Waals surface area contributed by atoms with Crippen LogP contribution in [0.1, 0.15) is 52.6 Å². The van der Waals surface area contributed by atoms with Crippen molar-refractivity contribution in [3.63, 3.8) is 0 Å². The number of fused-ring (bicyclic) bond motifs is 1. The number of carbonyl (C=O) groups is 1. The number of primary amides is 1. The highest BCUT2D eigenvalue weighted by atomic mass is 16.7. The third-order valence-electron chi connectivity index (χ3n) is 6.98. The highest BCUT2D eigenvalue weighted by molar-refractivity contribution is 5.92. The van der Waals surface area contributed by atoms with E-state index in [1.54, 1.807) is 19.2 Å². The van der Waals surface area contributed by atoms with Gasteiger partial charge in [-0.1, -0.05) is 61.9 Å². The fraction of sp³-hybridized carbons (Fsp3) is 0.281. The molecular weight excluding hydrogens is 502 g/mol. The van der Waals surface area contributed by atoms with Gasteiger partial charge in [0.2, 0.25) is 12.7 Å². The Morgan fingerprint density at radius 3 is 2.45 bits per heavy atom. The first-order chi connectivity index (χ1) is 19.6. The summed E-state index contributed by atoms with van der Waals surface area (Å²) in [5.74, 6) is 2.05. The fourth-order valence-electron chi connectivity index (χ4n) is 4.97. The summed E-state index contributed by atoms with van der Waals surface area (Å²) in [7, 11) is 1.78. The van der Waals surface area contributed by atoms with Crippen molar-refractivity contribution in [2.45, 2.75) is 45.9 Å². The second kappa shape index (κ2) is 12.6. The third-order valence-corrected chi connectivity index (χ3v) is 6.98. The summed E-state index contributed by atoms with van der Waals surface area (Å²) in [6, 6.07) is 23.9. The number of carbonyl (C=O) groups excluding carboxylic acids is 1. The number of hydrogen-bond donors (Lipinski definition) is 1. The Morgan fingerprint density at radius 2 is 1.73 bits per heavy atom. The molecular formula is C32H35N5O3. The number of nitrogens with zero attached hydrogens (tertiary/aromatic N) is 4. The Hall–Kier alpha value is -4.43. The summed E-state index contributed by atoms with van der Waals surface area (Å²) in [6.07, 6.45) is 3.98. The van der Waals surface area contributed by atoms with Crippen LogP contribution in [0.5, 0.6) is 11.5 Å². The second-order valence-electron chi connectivity index (χ2n) is 9.92. The molecule has 2 heterocycles. The molecule has 0 atom stereocenters. The number of benzene rings is 3. The molecule has 8 heteroatoms. The molecule has 40 heavy (non-hydrogen) atoms. The first-order valence-corrected chi connectivity index (χ1v) is 13.6. The van der Waals surface area contributed by atoms with Crippen LogP contribution >= 0.6 is 0 Å². The zero-order valence-corrected chi connectivity index (χ0v) is 23.0. The molecule has 1 amide bonds. The van der Waals surface area contributed by atoms with Gasteiger partial charge in [0.05, 0.1) is 5.69 Å². The van der Waals surface area contributed by atoms with E-state index in [4.69, 9.17) is 20.2 Å². The lowest BCUT2D eigenvalue weighted by molar-refractivity contribution is 0.1000. The predicted molar refractivity (Wildman–Crippen MR) is 157 cm³/mol. The Labute approximate surface area is 235 Å². The van der Waals surface area contributed by atoms with Crippen molar-refractivity contribution in [1.29, 1.82) is 0 Å². The molecule has 0 fully saturated rings. The fourth-order valence-corrected chi connectivity index (χ4v) is 4.97. The molecule has 0 aliphatic carbocycles. The van der Waals surface area contributed by atoms with Crippen LogP contribution in [0.15, 0.2) is 77.8 Å². The quantitative estimate of drug-likeness (QED) is 0.243. The van der Waals surface area contributed by atoms with Crippen LogP contribution in [0.4, 0.5) is 0 Å². The highest BCUT2D eigenvalue weighted by Gasteiger charge is 2.21. The number of nitrogens with two attached hydrogens (primary N) is 1. The van der Waals surface area contributed by atoms with Crippen molar-refractivity contribution in [2.24, 2.45) is 10.7 Å². The first kappa shape index (κ1) is 27.1. The summed E-state index contributed by atoms with van der Waals surface area (Å²) in [5, 5.41) is 0. The molecule has 4 aromatic rings. The molecule has 5 rings (SSSR count). The number of imidazole rings is 1. The number of aromatic nitrogens is 2. The maximum absolute atomic E-state index is 11.6. The number of aliphatic imine (C=N–C) groups is 1.